The van der Waals surface area contributed by atoms with Crippen molar-refractivity contribution in [1.29, 1.82) is 0 Å². The molecule has 0 bridgehead atoms. The number of nitrogens with zero attached hydrogens (tertiary/aromatic N) is 3. The Hall–Kier alpha value is -2.31. The van der Waals surface area contributed by atoms with E-state index in [2.05, 4.69) is 15.2 Å². The third-order valence-corrected chi connectivity index (χ3v) is 4.98. The van der Waals surface area contributed by atoms with Crippen LogP contribution in [0.5, 0.6) is 0 Å². The maximum Gasteiger partial charge on any atom is 0.257 e. The molecule has 1 aromatic heterocycles. The van der Waals surface area contributed by atoms with Crippen LogP contribution in [-0.2, 0) is 4.79 Å². The van der Waals surface area contributed by atoms with E-state index < -0.39 is 0 Å². The third kappa shape index (κ3) is 4.26. The van der Waals surface area contributed by atoms with Crippen molar-refractivity contribution < 1.29 is 9.59 Å². The molecule has 6 nitrogen and oxygen atoms in total. The van der Waals surface area contributed by atoms with Crippen molar-refractivity contribution in [1.82, 2.24) is 9.88 Å². The first-order valence-electron chi connectivity index (χ1n) is 8.17. The van der Waals surface area contributed by atoms with E-state index in [4.69, 9.17) is 23.2 Å². The fraction of sp³-hybridized carbons (Fsp3) is 0.278. The van der Waals surface area contributed by atoms with Crippen LogP contribution in [0.1, 0.15) is 17.3 Å². The van der Waals surface area contributed by atoms with Gasteiger partial charge >= 0.3 is 0 Å². The van der Waals surface area contributed by atoms with Gasteiger partial charge in [-0.2, -0.15) is 0 Å². The van der Waals surface area contributed by atoms with Crippen molar-refractivity contribution >= 4 is 46.5 Å². The molecule has 1 aliphatic heterocycles. The number of aromatic nitrogens is 1. The minimum Gasteiger partial charge on any atom is -0.353 e. The summed E-state index contributed by atoms with van der Waals surface area (Å²) in [6, 6.07) is 8.45. The van der Waals surface area contributed by atoms with Crippen molar-refractivity contribution in [3.05, 3.63) is 52.1 Å². The average molecular weight is 393 g/mol. The molecule has 2 heterocycles. The first-order chi connectivity index (χ1) is 12.4. The van der Waals surface area contributed by atoms with Gasteiger partial charge in [0.1, 0.15) is 5.82 Å². The summed E-state index contributed by atoms with van der Waals surface area (Å²) in [6.07, 6.45) is 1.54. The number of halogens is 2. The molecule has 3 rings (SSSR count). The Bertz CT molecular complexity index is 818. The SMILES string of the molecule is CC(=O)N1CCN(c2ccc(C(=O)Nc3ccc(Cl)c(Cl)c3)cn2)CC1. The highest BCUT2D eigenvalue weighted by Gasteiger charge is 2.19. The monoisotopic (exact) mass is 392 g/mol. The van der Waals surface area contributed by atoms with E-state index in [1.54, 1.807) is 37.4 Å². The maximum absolute atomic E-state index is 12.3. The number of carbonyl (C=O) groups is 2. The number of carbonyl (C=O) groups excluding carboxylic acids is 2. The molecule has 0 aliphatic carbocycles. The molecule has 0 unspecified atom stereocenters. The van der Waals surface area contributed by atoms with Gasteiger partial charge in [-0.05, 0) is 30.3 Å². The summed E-state index contributed by atoms with van der Waals surface area (Å²) in [6.45, 7) is 4.38. The minimum absolute atomic E-state index is 0.0898. The van der Waals surface area contributed by atoms with E-state index >= 15 is 0 Å². The summed E-state index contributed by atoms with van der Waals surface area (Å²) in [5.74, 6) is 0.607. The normalized spacial score (nSPS) is 14.3. The van der Waals surface area contributed by atoms with E-state index in [1.807, 2.05) is 11.0 Å². The predicted octanol–water partition coefficient (Wildman–Crippen LogP) is 3.31. The standard InChI is InChI=1S/C18H18Cl2N4O2/c1-12(25)23-6-8-24(9-7-23)17-5-2-13(11-21-17)18(26)22-14-3-4-15(19)16(20)10-14/h2-5,10-11H,6-9H2,1H3,(H,22,26). The highest BCUT2D eigenvalue weighted by atomic mass is 35.5. The van der Waals surface area contributed by atoms with E-state index in [9.17, 15) is 9.59 Å². The Morgan fingerprint density at radius 3 is 2.35 bits per heavy atom. The number of anilines is 2. The number of hydrogen-bond donors (Lipinski definition) is 1. The van der Waals surface area contributed by atoms with Gasteiger partial charge in [0.05, 0.1) is 15.6 Å². The van der Waals surface area contributed by atoms with Crippen molar-refractivity contribution in [2.24, 2.45) is 0 Å². The Morgan fingerprint density at radius 2 is 1.77 bits per heavy atom. The smallest absolute Gasteiger partial charge is 0.257 e. The van der Waals surface area contributed by atoms with Crippen molar-refractivity contribution in [2.75, 3.05) is 36.4 Å². The fourth-order valence-electron chi connectivity index (χ4n) is 2.74. The number of hydrogen-bond acceptors (Lipinski definition) is 4. The van der Waals surface area contributed by atoms with E-state index in [0.29, 0.717) is 34.4 Å². The van der Waals surface area contributed by atoms with Crippen LogP contribution in [0.3, 0.4) is 0 Å². The molecule has 1 fully saturated rings. The van der Waals surface area contributed by atoms with Gasteiger partial charge in [-0.3, -0.25) is 9.59 Å². The molecule has 0 spiro atoms. The number of piperazine rings is 1. The number of pyridine rings is 1. The van der Waals surface area contributed by atoms with Crippen molar-refractivity contribution in [3.63, 3.8) is 0 Å². The maximum atomic E-state index is 12.3. The lowest BCUT2D eigenvalue weighted by Crippen LogP contribution is -2.48. The highest BCUT2D eigenvalue weighted by Crippen LogP contribution is 2.25. The second-order valence-corrected chi connectivity index (χ2v) is 6.80. The summed E-state index contributed by atoms with van der Waals surface area (Å²) < 4.78 is 0. The van der Waals surface area contributed by atoms with Crippen LogP contribution in [0.15, 0.2) is 36.5 Å². The summed E-state index contributed by atoms with van der Waals surface area (Å²) in [4.78, 5) is 32.0. The molecule has 1 aliphatic rings. The second-order valence-electron chi connectivity index (χ2n) is 5.98. The second kappa shape index (κ2) is 7.93. The zero-order valence-corrected chi connectivity index (χ0v) is 15.7. The first-order valence-corrected chi connectivity index (χ1v) is 8.92. The fourth-order valence-corrected chi connectivity index (χ4v) is 3.03. The van der Waals surface area contributed by atoms with Crippen LogP contribution in [0.25, 0.3) is 0 Å². The highest BCUT2D eigenvalue weighted by molar-refractivity contribution is 6.42. The lowest BCUT2D eigenvalue weighted by atomic mass is 10.2. The molecule has 1 aromatic carbocycles. The van der Waals surface area contributed by atoms with Crippen LogP contribution in [0.2, 0.25) is 10.0 Å². The predicted molar refractivity (Wildman–Crippen MR) is 103 cm³/mol. The van der Waals surface area contributed by atoms with Gasteiger partial charge in [0.15, 0.2) is 0 Å². The molecule has 0 saturated carbocycles. The molecule has 0 radical (unpaired) electrons. The van der Waals surface area contributed by atoms with Gasteiger partial charge in [-0.15, -0.1) is 0 Å². The lowest BCUT2D eigenvalue weighted by Gasteiger charge is -2.34. The van der Waals surface area contributed by atoms with Crippen LogP contribution >= 0.6 is 23.2 Å². The molecule has 136 valence electrons. The molecule has 1 saturated heterocycles. The van der Waals surface area contributed by atoms with Crippen molar-refractivity contribution in [3.8, 4) is 0 Å². The molecule has 8 heteroatoms. The number of amides is 2. The Labute approximate surface area is 161 Å². The minimum atomic E-state index is -0.274. The van der Waals surface area contributed by atoms with Gasteiger partial charge in [-0.1, -0.05) is 23.2 Å². The molecule has 0 atom stereocenters. The molecule has 1 N–H and O–H groups in total. The summed E-state index contributed by atoms with van der Waals surface area (Å²) >= 11 is 11.8. The average Bonchev–Trinajstić information content (AvgIpc) is 2.65. The van der Waals surface area contributed by atoms with Gasteiger partial charge < -0.3 is 15.1 Å². The van der Waals surface area contributed by atoms with Crippen LogP contribution in [0, 0.1) is 0 Å². The quantitative estimate of drug-likeness (QED) is 0.869. The molecule has 2 aromatic rings. The summed E-state index contributed by atoms with van der Waals surface area (Å²) in [5, 5.41) is 3.57. The molecular formula is C18H18Cl2N4O2. The molecule has 2 amide bonds. The summed E-state index contributed by atoms with van der Waals surface area (Å²) in [7, 11) is 0. The van der Waals surface area contributed by atoms with Crippen LogP contribution < -0.4 is 10.2 Å². The van der Waals surface area contributed by atoms with Crippen LogP contribution in [-0.4, -0.2) is 47.9 Å². The van der Waals surface area contributed by atoms with E-state index in [1.165, 1.54) is 0 Å². The molecule has 26 heavy (non-hydrogen) atoms. The number of benzene rings is 1. The summed E-state index contributed by atoms with van der Waals surface area (Å²) in [5.41, 5.74) is 1.01. The third-order valence-electron chi connectivity index (χ3n) is 4.24. The first kappa shape index (κ1) is 18.5. The number of nitrogens with one attached hydrogen (secondary N) is 1. The van der Waals surface area contributed by atoms with Gasteiger partial charge in [0.2, 0.25) is 5.91 Å². The Balaban J connectivity index is 1.63. The van der Waals surface area contributed by atoms with E-state index in [0.717, 1.165) is 18.9 Å². The van der Waals surface area contributed by atoms with Gasteiger partial charge in [0.25, 0.3) is 5.91 Å². The Kier molecular flexibility index (Phi) is 5.64. The molecular weight excluding hydrogens is 375 g/mol. The largest absolute Gasteiger partial charge is 0.353 e. The zero-order chi connectivity index (χ0) is 18.7. The van der Waals surface area contributed by atoms with Gasteiger partial charge in [0, 0.05) is 45.0 Å². The lowest BCUT2D eigenvalue weighted by molar-refractivity contribution is -0.129. The van der Waals surface area contributed by atoms with Gasteiger partial charge in [-0.25, -0.2) is 4.98 Å². The Morgan fingerprint density at radius 1 is 1.04 bits per heavy atom. The van der Waals surface area contributed by atoms with Crippen LogP contribution in [0.4, 0.5) is 11.5 Å². The van der Waals surface area contributed by atoms with Crippen molar-refractivity contribution in [2.45, 2.75) is 6.92 Å². The zero-order valence-electron chi connectivity index (χ0n) is 14.2. The van der Waals surface area contributed by atoms with E-state index in [-0.39, 0.29) is 11.8 Å². The number of rotatable bonds is 3. The topological polar surface area (TPSA) is 65.5 Å².